The fourth-order valence-corrected chi connectivity index (χ4v) is 5.22. The molecule has 2 aliphatic rings. The molecule has 2 N–H and O–H groups in total. The van der Waals surface area contributed by atoms with Gasteiger partial charge in [-0.3, -0.25) is 0 Å². The van der Waals surface area contributed by atoms with Gasteiger partial charge in [-0.1, -0.05) is 43.7 Å². The molecule has 1 spiro atoms. The van der Waals surface area contributed by atoms with E-state index in [1.165, 1.54) is 32.1 Å². The van der Waals surface area contributed by atoms with Crippen LogP contribution in [0.3, 0.4) is 0 Å². The van der Waals surface area contributed by atoms with Crippen LogP contribution in [-0.4, -0.2) is 23.1 Å². The number of rotatable bonds is 3. The van der Waals surface area contributed by atoms with Gasteiger partial charge in [-0.05, 0) is 42.7 Å². The van der Waals surface area contributed by atoms with E-state index >= 15 is 0 Å². The van der Waals surface area contributed by atoms with Crippen LogP contribution in [0.5, 0.6) is 0 Å². The molecule has 1 aromatic heterocycles. The van der Waals surface area contributed by atoms with Crippen molar-refractivity contribution in [2.45, 2.75) is 48.9 Å². The Morgan fingerprint density at radius 1 is 1.12 bits per heavy atom. The third-order valence-corrected chi connectivity index (χ3v) is 7.20. The first-order valence-electron chi connectivity index (χ1n) is 9.26. The molecule has 25 heavy (non-hydrogen) atoms. The van der Waals surface area contributed by atoms with Gasteiger partial charge in [-0.15, -0.1) is 0 Å². The number of nitrogens with zero attached hydrogens (tertiary/aromatic N) is 3. The smallest absolute Gasteiger partial charge is 0.147 e. The van der Waals surface area contributed by atoms with Crippen LogP contribution in [0.2, 0.25) is 0 Å². The number of hydrogen-bond donors (Lipinski definition) is 1. The second kappa shape index (κ2) is 6.87. The molecule has 4 nitrogen and oxygen atoms in total. The molecule has 1 aromatic carbocycles. The van der Waals surface area contributed by atoms with Crippen molar-refractivity contribution in [2.75, 3.05) is 23.7 Å². The van der Waals surface area contributed by atoms with Gasteiger partial charge in [0.15, 0.2) is 0 Å². The number of para-hydroxylation sites is 1. The van der Waals surface area contributed by atoms with Gasteiger partial charge >= 0.3 is 0 Å². The molecule has 2 fully saturated rings. The van der Waals surface area contributed by atoms with Gasteiger partial charge in [-0.2, -0.15) is 0 Å². The summed E-state index contributed by atoms with van der Waals surface area (Å²) in [5, 5.41) is 0.888. The highest BCUT2D eigenvalue weighted by Crippen LogP contribution is 2.50. The second-order valence-electron chi connectivity index (χ2n) is 7.50. The highest BCUT2D eigenvalue weighted by molar-refractivity contribution is 7.99. The molecule has 1 atom stereocenters. The summed E-state index contributed by atoms with van der Waals surface area (Å²) in [4.78, 5) is 12.7. The Labute approximate surface area is 154 Å². The van der Waals surface area contributed by atoms with Gasteiger partial charge in [-0.25, -0.2) is 9.97 Å². The van der Waals surface area contributed by atoms with Gasteiger partial charge < -0.3 is 10.6 Å². The molecule has 0 radical (unpaired) electrons. The van der Waals surface area contributed by atoms with Crippen molar-refractivity contribution in [2.24, 2.45) is 11.3 Å². The van der Waals surface area contributed by atoms with Gasteiger partial charge in [0, 0.05) is 23.7 Å². The van der Waals surface area contributed by atoms with E-state index in [1.807, 2.05) is 36.7 Å². The largest absolute Gasteiger partial charge is 0.398 e. The summed E-state index contributed by atoms with van der Waals surface area (Å²) in [6.45, 7) is 4.66. The zero-order chi connectivity index (χ0) is 17.3. The van der Waals surface area contributed by atoms with Crippen LogP contribution < -0.4 is 10.6 Å². The SMILES string of the molecule is C[C@@H]1CCCC12CCN(c1cnc(Sc3ccccc3N)cn1)CC2. The van der Waals surface area contributed by atoms with E-state index in [-0.39, 0.29) is 0 Å². The summed E-state index contributed by atoms with van der Waals surface area (Å²) >= 11 is 1.57. The molecule has 2 aromatic rings. The third-order valence-electron chi connectivity index (χ3n) is 6.19. The van der Waals surface area contributed by atoms with Crippen molar-refractivity contribution in [3.8, 4) is 0 Å². The Balaban J connectivity index is 1.40. The van der Waals surface area contributed by atoms with Crippen LogP contribution in [-0.2, 0) is 0 Å². The maximum absolute atomic E-state index is 6.01. The molecule has 1 aliphatic heterocycles. The number of benzene rings is 1. The first-order valence-corrected chi connectivity index (χ1v) is 10.1. The van der Waals surface area contributed by atoms with Crippen LogP contribution >= 0.6 is 11.8 Å². The van der Waals surface area contributed by atoms with Crippen molar-refractivity contribution < 1.29 is 0 Å². The monoisotopic (exact) mass is 354 g/mol. The first-order chi connectivity index (χ1) is 12.2. The van der Waals surface area contributed by atoms with Crippen molar-refractivity contribution in [1.29, 1.82) is 0 Å². The fraction of sp³-hybridized carbons (Fsp3) is 0.500. The molecular weight excluding hydrogens is 328 g/mol. The van der Waals surface area contributed by atoms with Gasteiger partial charge in [0.2, 0.25) is 0 Å². The lowest BCUT2D eigenvalue weighted by Gasteiger charge is -2.42. The van der Waals surface area contributed by atoms with E-state index in [9.17, 15) is 0 Å². The topological polar surface area (TPSA) is 55.0 Å². The summed E-state index contributed by atoms with van der Waals surface area (Å²) < 4.78 is 0. The van der Waals surface area contributed by atoms with E-state index in [2.05, 4.69) is 21.8 Å². The Kier molecular flexibility index (Phi) is 4.59. The van der Waals surface area contributed by atoms with E-state index in [1.54, 1.807) is 11.8 Å². The maximum Gasteiger partial charge on any atom is 0.147 e. The quantitative estimate of drug-likeness (QED) is 0.815. The normalized spacial score (nSPS) is 22.4. The summed E-state index contributed by atoms with van der Waals surface area (Å²) in [5.74, 6) is 1.89. The van der Waals surface area contributed by atoms with Crippen LogP contribution in [0, 0.1) is 11.3 Å². The molecule has 1 saturated carbocycles. The average molecular weight is 355 g/mol. The first kappa shape index (κ1) is 16.7. The molecular formula is C20H26N4S. The number of hydrogen-bond acceptors (Lipinski definition) is 5. The molecule has 0 amide bonds. The Morgan fingerprint density at radius 3 is 2.56 bits per heavy atom. The number of piperidine rings is 1. The number of nitrogens with two attached hydrogens (primary N) is 1. The van der Waals surface area contributed by atoms with Crippen molar-refractivity contribution in [3.63, 3.8) is 0 Å². The number of aromatic nitrogens is 2. The zero-order valence-electron chi connectivity index (χ0n) is 14.8. The molecule has 0 unspecified atom stereocenters. The molecule has 132 valence electrons. The molecule has 0 bridgehead atoms. The number of anilines is 2. The Bertz CT molecular complexity index is 723. The third kappa shape index (κ3) is 3.34. The molecule has 1 aliphatic carbocycles. The van der Waals surface area contributed by atoms with Crippen molar-refractivity contribution in [1.82, 2.24) is 9.97 Å². The predicted molar refractivity (Wildman–Crippen MR) is 104 cm³/mol. The van der Waals surface area contributed by atoms with Crippen LogP contribution in [0.15, 0.2) is 46.6 Å². The highest BCUT2D eigenvalue weighted by Gasteiger charge is 2.42. The van der Waals surface area contributed by atoms with Gasteiger partial charge in [0.25, 0.3) is 0 Å². The second-order valence-corrected chi connectivity index (χ2v) is 8.56. The van der Waals surface area contributed by atoms with Gasteiger partial charge in [0.05, 0.1) is 12.4 Å². The maximum atomic E-state index is 6.01. The van der Waals surface area contributed by atoms with E-state index in [4.69, 9.17) is 5.73 Å². The lowest BCUT2D eigenvalue weighted by atomic mass is 9.71. The molecule has 5 heteroatoms. The lowest BCUT2D eigenvalue weighted by Crippen LogP contribution is -2.41. The summed E-state index contributed by atoms with van der Waals surface area (Å²) in [5.41, 5.74) is 7.39. The zero-order valence-corrected chi connectivity index (χ0v) is 15.6. The van der Waals surface area contributed by atoms with Crippen molar-refractivity contribution in [3.05, 3.63) is 36.7 Å². The number of nitrogen functional groups attached to an aromatic ring is 1. The van der Waals surface area contributed by atoms with Crippen LogP contribution in [0.1, 0.15) is 39.0 Å². The van der Waals surface area contributed by atoms with E-state index < -0.39 is 0 Å². The predicted octanol–water partition coefficient (Wildman–Crippen LogP) is 4.62. The standard InChI is InChI=1S/C20H26N4S/c1-15-5-4-8-20(15)9-11-24(12-10-20)18-13-23-19(14-22-18)25-17-7-3-2-6-16(17)21/h2-3,6-7,13-15H,4-5,8-12,21H2,1H3/t15-/m1/s1. The summed E-state index contributed by atoms with van der Waals surface area (Å²) in [7, 11) is 0. The van der Waals surface area contributed by atoms with Crippen molar-refractivity contribution >= 4 is 23.3 Å². The minimum Gasteiger partial charge on any atom is -0.398 e. The summed E-state index contributed by atoms with van der Waals surface area (Å²) in [6.07, 6.45) is 10.6. The Hall–Kier alpha value is -1.75. The van der Waals surface area contributed by atoms with Crippen LogP contribution in [0.25, 0.3) is 0 Å². The van der Waals surface area contributed by atoms with E-state index in [0.717, 1.165) is 40.4 Å². The lowest BCUT2D eigenvalue weighted by molar-refractivity contribution is 0.161. The molecule has 4 rings (SSSR count). The Morgan fingerprint density at radius 2 is 1.92 bits per heavy atom. The fourth-order valence-electron chi connectivity index (χ4n) is 4.45. The average Bonchev–Trinajstić information content (AvgIpc) is 2.99. The minimum atomic E-state index is 0.602. The van der Waals surface area contributed by atoms with Crippen LogP contribution in [0.4, 0.5) is 11.5 Å². The van der Waals surface area contributed by atoms with E-state index in [0.29, 0.717) is 5.41 Å². The van der Waals surface area contributed by atoms with Gasteiger partial charge in [0.1, 0.15) is 10.8 Å². The highest BCUT2D eigenvalue weighted by atomic mass is 32.2. The molecule has 2 heterocycles. The summed E-state index contributed by atoms with van der Waals surface area (Å²) in [6, 6.07) is 7.87. The molecule has 1 saturated heterocycles. The minimum absolute atomic E-state index is 0.602.